The van der Waals surface area contributed by atoms with Gasteiger partial charge in [-0.2, -0.15) is 0 Å². The number of nitrogens with zero attached hydrogens (tertiary/aromatic N) is 2. The summed E-state index contributed by atoms with van der Waals surface area (Å²) in [6.45, 7) is 4.42. The van der Waals surface area contributed by atoms with Gasteiger partial charge < -0.3 is 11.1 Å². The van der Waals surface area contributed by atoms with Crippen molar-refractivity contribution in [3.05, 3.63) is 17.5 Å². The van der Waals surface area contributed by atoms with Gasteiger partial charge in [0.2, 0.25) is 5.91 Å². The van der Waals surface area contributed by atoms with Gasteiger partial charge >= 0.3 is 0 Å². The van der Waals surface area contributed by atoms with Gasteiger partial charge in [0.05, 0.1) is 5.75 Å². The minimum Gasteiger partial charge on any atom is -0.354 e. The van der Waals surface area contributed by atoms with Gasteiger partial charge in [-0.25, -0.2) is 9.97 Å². The quantitative estimate of drug-likeness (QED) is 0.613. The van der Waals surface area contributed by atoms with Crippen LogP contribution in [-0.2, 0) is 4.79 Å². The maximum atomic E-state index is 11.7. The number of aryl methyl sites for hydroxylation is 2. The van der Waals surface area contributed by atoms with Crippen molar-refractivity contribution in [1.29, 1.82) is 0 Å². The molecule has 0 aliphatic heterocycles. The highest BCUT2D eigenvalue weighted by molar-refractivity contribution is 7.99. The molecule has 1 aromatic heterocycles. The van der Waals surface area contributed by atoms with Crippen LogP contribution in [0.2, 0.25) is 0 Å². The summed E-state index contributed by atoms with van der Waals surface area (Å²) >= 11 is 1.36. The number of hydrogen-bond donors (Lipinski definition) is 2. The molecule has 7 heteroatoms. The molecule has 0 saturated heterocycles. The number of carbonyl (C=O) groups excluding carboxylic acids is 1. The van der Waals surface area contributed by atoms with E-state index in [4.69, 9.17) is 5.73 Å². The Balaban J connectivity index is 0.00000200. The molecule has 0 spiro atoms. The Morgan fingerprint density at radius 2 is 2.05 bits per heavy atom. The summed E-state index contributed by atoms with van der Waals surface area (Å²) < 4.78 is 0. The maximum absolute atomic E-state index is 11.7. The smallest absolute Gasteiger partial charge is 0.230 e. The Bertz CT molecular complexity index is 447. The van der Waals surface area contributed by atoms with Crippen LogP contribution in [0, 0.1) is 19.8 Å². The van der Waals surface area contributed by atoms with E-state index in [1.807, 2.05) is 19.9 Å². The molecular formula is C13H21ClN4OS. The fourth-order valence-corrected chi connectivity index (χ4v) is 2.64. The van der Waals surface area contributed by atoms with E-state index in [9.17, 15) is 4.79 Å². The molecule has 1 aromatic rings. The van der Waals surface area contributed by atoms with Crippen LogP contribution < -0.4 is 11.1 Å². The topological polar surface area (TPSA) is 80.9 Å². The van der Waals surface area contributed by atoms with E-state index in [2.05, 4.69) is 15.3 Å². The van der Waals surface area contributed by atoms with Crippen molar-refractivity contribution < 1.29 is 4.79 Å². The standard InChI is InChI=1S/C13H20N4OS.ClH/c1-8-5-9(2)17-13(16-8)19-7-12(18)15-6-11(14)10-3-4-10;/h5,10-11H,3-4,6-7,14H2,1-2H3,(H,15,18);1H. The van der Waals surface area contributed by atoms with Crippen LogP contribution in [-0.4, -0.2) is 34.2 Å². The molecule has 0 radical (unpaired) electrons. The third-order valence-electron chi connectivity index (χ3n) is 3.06. The molecule has 1 atom stereocenters. The summed E-state index contributed by atoms with van der Waals surface area (Å²) in [7, 11) is 0. The van der Waals surface area contributed by atoms with E-state index in [0.29, 0.717) is 23.4 Å². The van der Waals surface area contributed by atoms with Crippen LogP contribution >= 0.6 is 24.2 Å². The van der Waals surface area contributed by atoms with Gasteiger partial charge in [0.1, 0.15) is 0 Å². The van der Waals surface area contributed by atoms with Crippen LogP contribution in [0.15, 0.2) is 11.2 Å². The van der Waals surface area contributed by atoms with Gasteiger partial charge in [-0.3, -0.25) is 4.79 Å². The third-order valence-corrected chi connectivity index (χ3v) is 3.90. The van der Waals surface area contributed by atoms with Crippen LogP contribution in [0.5, 0.6) is 0 Å². The molecule has 112 valence electrons. The summed E-state index contributed by atoms with van der Waals surface area (Å²) in [5.41, 5.74) is 7.77. The third kappa shape index (κ3) is 5.64. The number of halogens is 1. The average Bonchev–Trinajstić information content (AvgIpc) is 3.16. The van der Waals surface area contributed by atoms with Crippen molar-refractivity contribution in [3.63, 3.8) is 0 Å². The summed E-state index contributed by atoms with van der Waals surface area (Å²) in [5, 5.41) is 3.51. The van der Waals surface area contributed by atoms with Gasteiger partial charge in [0.15, 0.2) is 5.16 Å². The van der Waals surface area contributed by atoms with Crippen LogP contribution in [0.25, 0.3) is 0 Å². The molecule has 1 fully saturated rings. The largest absolute Gasteiger partial charge is 0.354 e. The molecule has 1 heterocycles. The summed E-state index contributed by atoms with van der Waals surface area (Å²) in [6.07, 6.45) is 2.39. The minimum absolute atomic E-state index is 0. The second-order valence-corrected chi connectivity index (χ2v) is 5.97. The zero-order valence-electron chi connectivity index (χ0n) is 11.8. The first-order valence-corrected chi connectivity index (χ1v) is 7.50. The van der Waals surface area contributed by atoms with Gasteiger partial charge in [-0.15, -0.1) is 12.4 Å². The summed E-state index contributed by atoms with van der Waals surface area (Å²) in [6, 6.07) is 2.02. The van der Waals surface area contributed by atoms with Gasteiger partial charge in [0.25, 0.3) is 0 Å². The molecule has 0 bridgehead atoms. The van der Waals surface area contributed by atoms with Crippen molar-refractivity contribution in [1.82, 2.24) is 15.3 Å². The Morgan fingerprint density at radius 3 is 2.60 bits per heavy atom. The van der Waals surface area contributed by atoms with Crippen molar-refractivity contribution >= 4 is 30.1 Å². The first kappa shape index (κ1) is 17.2. The van der Waals surface area contributed by atoms with Crippen molar-refractivity contribution in [3.8, 4) is 0 Å². The number of carbonyl (C=O) groups is 1. The highest BCUT2D eigenvalue weighted by atomic mass is 35.5. The minimum atomic E-state index is -0.0103. The monoisotopic (exact) mass is 316 g/mol. The van der Waals surface area contributed by atoms with E-state index in [-0.39, 0.29) is 24.4 Å². The lowest BCUT2D eigenvalue weighted by atomic mass is 10.2. The molecule has 2 rings (SSSR count). The Morgan fingerprint density at radius 1 is 1.45 bits per heavy atom. The van der Waals surface area contributed by atoms with Gasteiger partial charge in [0, 0.05) is 24.0 Å². The molecule has 1 amide bonds. The highest BCUT2D eigenvalue weighted by Gasteiger charge is 2.28. The van der Waals surface area contributed by atoms with Gasteiger partial charge in [-0.1, -0.05) is 11.8 Å². The lowest BCUT2D eigenvalue weighted by molar-refractivity contribution is -0.118. The molecule has 1 aliphatic rings. The van der Waals surface area contributed by atoms with Crippen LogP contribution in [0.3, 0.4) is 0 Å². The van der Waals surface area contributed by atoms with E-state index >= 15 is 0 Å². The van der Waals surface area contributed by atoms with E-state index in [1.54, 1.807) is 0 Å². The predicted octanol–water partition coefficient (Wildman–Crippen LogP) is 1.46. The highest BCUT2D eigenvalue weighted by Crippen LogP contribution is 2.31. The molecular weight excluding hydrogens is 296 g/mol. The number of nitrogens with two attached hydrogens (primary N) is 1. The molecule has 1 saturated carbocycles. The van der Waals surface area contributed by atoms with E-state index in [0.717, 1.165) is 11.4 Å². The molecule has 1 unspecified atom stereocenters. The fourth-order valence-electron chi connectivity index (χ4n) is 1.86. The number of thioether (sulfide) groups is 1. The molecule has 0 aromatic carbocycles. The number of aromatic nitrogens is 2. The van der Waals surface area contributed by atoms with Crippen molar-refractivity contribution in [2.24, 2.45) is 11.7 Å². The number of rotatable bonds is 6. The average molecular weight is 317 g/mol. The SMILES string of the molecule is Cc1cc(C)nc(SCC(=O)NCC(N)C2CC2)n1.Cl. The first-order valence-electron chi connectivity index (χ1n) is 6.52. The molecule has 1 aliphatic carbocycles. The lowest BCUT2D eigenvalue weighted by Gasteiger charge is -2.11. The summed E-state index contributed by atoms with van der Waals surface area (Å²) in [4.78, 5) is 20.3. The number of hydrogen-bond acceptors (Lipinski definition) is 5. The van der Waals surface area contributed by atoms with E-state index < -0.39 is 0 Å². The Labute approximate surface area is 129 Å². The second kappa shape index (κ2) is 7.81. The van der Waals surface area contributed by atoms with Gasteiger partial charge in [-0.05, 0) is 38.7 Å². The van der Waals surface area contributed by atoms with Crippen molar-refractivity contribution in [2.75, 3.05) is 12.3 Å². The summed E-state index contributed by atoms with van der Waals surface area (Å²) in [5.74, 6) is 0.930. The van der Waals surface area contributed by atoms with Crippen LogP contribution in [0.1, 0.15) is 24.2 Å². The normalized spacial score (nSPS) is 15.3. The Hall–Kier alpha value is -0.850. The lowest BCUT2D eigenvalue weighted by Crippen LogP contribution is -2.39. The fraction of sp³-hybridized carbons (Fsp3) is 0.615. The predicted molar refractivity (Wildman–Crippen MR) is 83.2 cm³/mol. The number of nitrogens with one attached hydrogen (secondary N) is 1. The van der Waals surface area contributed by atoms with Crippen LogP contribution in [0.4, 0.5) is 0 Å². The second-order valence-electron chi connectivity index (χ2n) is 5.03. The zero-order valence-corrected chi connectivity index (χ0v) is 13.4. The Kier molecular flexibility index (Phi) is 6.71. The first-order chi connectivity index (χ1) is 9.04. The maximum Gasteiger partial charge on any atom is 0.230 e. The zero-order chi connectivity index (χ0) is 13.8. The number of amides is 1. The molecule has 5 nitrogen and oxygen atoms in total. The molecule has 20 heavy (non-hydrogen) atoms. The molecule has 3 N–H and O–H groups in total. The van der Waals surface area contributed by atoms with Crippen molar-refractivity contribution in [2.45, 2.75) is 37.9 Å². The van der Waals surface area contributed by atoms with E-state index in [1.165, 1.54) is 24.6 Å².